The SMILES string of the molecule is CCOC(=O)c1c(SCC(=O)Nc2ccc(C)cc2C)nc(=O)[nH]c1C. The van der Waals surface area contributed by atoms with Crippen LogP contribution in [0.5, 0.6) is 0 Å². The lowest BCUT2D eigenvalue weighted by Crippen LogP contribution is -2.21. The lowest BCUT2D eigenvalue weighted by Gasteiger charge is -2.11. The highest BCUT2D eigenvalue weighted by Crippen LogP contribution is 2.23. The summed E-state index contributed by atoms with van der Waals surface area (Å²) in [6.07, 6.45) is 0. The molecule has 138 valence electrons. The quantitative estimate of drug-likeness (QED) is 0.457. The first-order valence-electron chi connectivity index (χ1n) is 8.09. The molecule has 0 saturated heterocycles. The second kappa shape index (κ2) is 8.66. The Morgan fingerprint density at radius 3 is 2.65 bits per heavy atom. The van der Waals surface area contributed by atoms with E-state index in [1.165, 1.54) is 0 Å². The Balaban J connectivity index is 2.14. The highest BCUT2D eigenvalue weighted by Gasteiger charge is 2.20. The molecule has 0 atom stereocenters. The molecule has 0 fully saturated rings. The van der Waals surface area contributed by atoms with E-state index in [2.05, 4.69) is 15.3 Å². The van der Waals surface area contributed by atoms with Gasteiger partial charge in [-0.05, 0) is 39.3 Å². The van der Waals surface area contributed by atoms with Crippen molar-refractivity contribution in [3.63, 3.8) is 0 Å². The van der Waals surface area contributed by atoms with Crippen molar-refractivity contribution in [2.75, 3.05) is 17.7 Å². The van der Waals surface area contributed by atoms with Crippen LogP contribution in [0.3, 0.4) is 0 Å². The monoisotopic (exact) mass is 375 g/mol. The van der Waals surface area contributed by atoms with Crippen molar-refractivity contribution in [2.45, 2.75) is 32.7 Å². The van der Waals surface area contributed by atoms with Gasteiger partial charge in [-0.1, -0.05) is 29.5 Å². The number of carbonyl (C=O) groups excluding carboxylic acids is 2. The Bertz CT molecular complexity index is 892. The average Bonchev–Trinajstić information content (AvgIpc) is 2.55. The van der Waals surface area contributed by atoms with E-state index in [0.717, 1.165) is 28.6 Å². The summed E-state index contributed by atoms with van der Waals surface area (Å²) in [6.45, 7) is 7.38. The maximum atomic E-state index is 12.2. The predicted molar refractivity (Wildman–Crippen MR) is 101 cm³/mol. The molecule has 2 rings (SSSR count). The van der Waals surface area contributed by atoms with Crippen LogP contribution in [0, 0.1) is 20.8 Å². The number of aromatic amines is 1. The minimum atomic E-state index is -0.578. The Morgan fingerprint density at radius 2 is 2.00 bits per heavy atom. The summed E-state index contributed by atoms with van der Waals surface area (Å²) in [6, 6.07) is 5.73. The third kappa shape index (κ3) is 4.95. The van der Waals surface area contributed by atoms with Crippen molar-refractivity contribution in [3.05, 3.63) is 51.1 Å². The topological polar surface area (TPSA) is 101 Å². The van der Waals surface area contributed by atoms with E-state index in [1.54, 1.807) is 13.8 Å². The van der Waals surface area contributed by atoms with Gasteiger partial charge in [-0.15, -0.1) is 0 Å². The molecule has 2 N–H and O–H groups in total. The van der Waals surface area contributed by atoms with Gasteiger partial charge in [0.1, 0.15) is 10.6 Å². The summed E-state index contributed by atoms with van der Waals surface area (Å²) >= 11 is 1.02. The van der Waals surface area contributed by atoms with Crippen LogP contribution in [-0.4, -0.2) is 34.2 Å². The fourth-order valence-electron chi connectivity index (χ4n) is 2.38. The van der Waals surface area contributed by atoms with Crippen molar-refractivity contribution < 1.29 is 14.3 Å². The number of nitrogens with zero attached hydrogens (tertiary/aromatic N) is 1. The van der Waals surface area contributed by atoms with Gasteiger partial charge in [-0.25, -0.2) is 9.59 Å². The second-order valence-corrected chi connectivity index (χ2v) is 6.69. The third-order valence-corrected chi connectivity index (χ3v) is 4.54. The van der Waals surface area contributed by atoms with E-state index < -0.39 is 11.7 Å². The highest BCUT2D eigenvalue weighted by atomic mass is 32.2. The zero-order valence-electron chi connectivity index (χ0n) is 15.1. The number of thioether (sulfide) groups is 1. The molecule has 26 heavy (non-hydrogen) atoms. The fourth-order valence-corrected chi connectivity index (χ4v) is 3.25. The van der Waals surface area contributed by atoms with Crippen molar-refractivity contribution in [2.24, 2.45) is 0 Å². The van der Waals surface area contributed by atoms with Crippen molar-refractivity contribution in [1.82, 2.24) is 9.97 Å². The minimum absolute atomic E-state index is 0.00954. The molecule has 0 radical (unpaired) electrons. The van der Waals surface area contributed by atoms with E-state index in [1.807, 2.05) is 32.0 Å². The largest absolute Gasteiger partial charge is 0.462 e. The van der Waals surface area contributed by atoms with Gasteiger partial charge in [0.25, 0.3) is 0 Å². The first-order valence-corrected chi connectivity index (χ1v) is 9.08. The molecule has 2 aromatic rings. The summed E-state index contributed by atoms with van der Waals surface area (Å²) in [5.74, 6) is -0.821. The van der Waals surface area contributed by atoms with Gasteiger partial charge in [0.2, 0.25) is 5.91 Å². The highest BCUT2D eigenvalue weighted by molar-refractivity contribution is 8.00. The third-order valence-electron chi connectivity index (χ3n) is 3.56. The zero-order chi connectivity index (χ0) is 19.3. The molecule has 1 aromatic carbocycles. The van der Waals surface area contributed by atoms with Crippen LogP contribution in [0.1, 0.15) is 34.1 Å². The normalized spacial score (nSPS) is 10.5. The van der Waals surface area contributed by atoms with Crippen LogP contribution >= 0.6 is 11.8 Å². The summed E-state index contributed by atoms with van der Waals surface area (Å²) in [4.78, 5) is 42.3. The Hall–Kier alpha value is -2.61. The Labute approximate surface area is 155 Å². The van der Waals surface area contributed by atoms with E-state index in [0.29, 0.717) is 5.69 Å². The summed E-state index contributed by atoms with van der Waals surface area (Å²) in [5.41, 5.74) is 2.75. The number of aromatic nitrogens is 2. The molecule has 0 spiro atoms. The molecule has 0 aliphatic heterocycles. The maximum Gasteiger partial charge on any atom is 0.346 e. The van der Waals surface area contributed by atoms with E-state index in [4.69, 9.17) is 4.74 Å². The number of ether oxygens (including phenoxy) is 1. The lowest BCUT2D eigenvalue weighted by atomic mass is 10.1. The van der Waals surface area contributed by atoms with E-state index in [-0.39, 0.29) is 28.9 Å². The summed E-state index contributed by atoms with van der Waals surface area (Å²) in [5, 5.41) is 3.00. The number of anilines is 1. The summed E-state index contributed by atoms with van der Waals surface area (Å²) in [7, 11) is 0. The van der Waals surface area contributed by atoms with Gasteiger partial charge in [-0.3, -0.25) is 4.79 Å². The molecule has 0 bridgehead atoms. The molecule has 1 heterocycles. The van der Waals surface area contributed by atoms with Crippen molar-refractivity contribution in [3.8, 4) is 0 Å². The molecule has 0 unspecified atom stereocenters. The maximum absolute atomic E-state index is 12.2. The number of aryl methyl sites for hydroxylation is 3. The number of carbonyl (C=O) groups is 2. The van der Waals surface area contributed by atoms with Gasteiger partial charge in [0, 0.05) is 11.4 Å². The van der Waals surface area contributed by atoms with E-state index in [9.17, 15) is 14.4 Å². The number of hydrogen-bond acceptors (Lipinski definition) is 6. The second-order valence-electron chi connectivity index (χ2n) is 5.72. The molecular formula is C18H21N3O4S. The first kappa shape index (κ1) is 19.7. The first-order chi connectivity index (χ1) is 12.3. The van der Waals surface area contributed by atoms with Crippen LogP contribution in [0.2, 0.25) is 0 Å². The standard InChI is InChI=1S/C18H21N3O4S/c1-5-25-17(23)15-12(4)19-18(24)21-16(15)26-9-14(22)20-13-7-6-10(2)8-11(13)3/h6-8H,5,9H2,1-4H3,(H,20,22)(H,19,21,24). The van der Waals surface area contributed by atoms with Gasteiger partial charge < -0.3 is 15.0 Å². The number of benzene rings is 1. The number of nitrogens with one attached hydrogen (secondary N) is 2. The number of amides is 1. The van der Waals surface area contributed by atoms with Crippen LogP contribution in [0.4, 0.5) is 5.69 Å². The van der Waals surface area contributed by atoms with E-state index >= 15 is 0 Å². The van der Waals surface area contributed by atoms with Crippen LogP contribution in [-0.2, 0) is 9.53 Å². The van der Waals surface area contributed by atoms with Crippen LogP contribution < -0.4 is 11.0 Å². The van der Waals surface area contributed by atoms with Crippen LogP contribution in [0.25, 0.3) is 0 Å². The number of H-pyrrole nitrogens is 1. The van der Waals surface area contributed by atoms with Gasteiger partial charge in [0.05, 0.1) is 12.4 Å². The number of esters is 1. The van der Waals surface area contributed by atoms with Gasteiger partial charge >= 0.3 is 11.7 Å². The molecule has 7 nitrogen and oxygen atoms in total. The van der Waals surface area contributed by atoms with Gasteiger partial charge in [0.15, 0.2) is 0 Å². The fraction of sp³-hybridized carbons (Fsp3) is 0.333. The Kier molecular flexibility index (Phi) is 6.57. The molecule has 0 saturated carbocycles. The van der Waals surface area contributed by atoms with Crippen LogP contribution in [0.15, 0.2) is 28.0 Å². The Morgan fingerprint density at radius 1 is 1.27 bits per heavy atom. The van der Waals surface area contributed by atoms with Gasteiger partial charge in [-0.2, -0.15) is 4.98 Å². The molecule has 0 aliphatic carbocycles. The molecule has 0 aliphatic rings. The molecule has 1 aromatic heterocycles. The van der Waals surface area contributed by atoms with Crippen molar-refractivity contribution >= 4 is 29.3 Å². The minimum Gasteiger partial charge on any atom is -0.462 e. The molecule has 8 heteroatoms. The molecule has 1 amide bonds. The predicted octanol–water partition coefficient (Wildman–Crippen LogP) is 2.60. The number of hydrogen-bond donors (Lipinski definition) is 2. The number of rotatable bonds is 6. The smallest absolute Gasteiger partial charge is 0.346 e. The average molecular weight is 375 g/mol. The van der Waals surface area contributed by atoms with Crippen molar-refractivity contribution in [1.29, 1.82) is 0 Å². The molecular weight excluding hydrogens is 354 g/mol. The zero-order valence-corrected chi connectivity index (χ0v) is 16.0. The lowest BCUT2D eigenvalue weighted by molar-refractivity contribution is -0.113. The summed E-state index contributed by atoms with van der Waals surface area (Å²) < 4.78 is 5.00.